The second-order valence-corrected chi connectivity index (χ2v) is 5.36. The lowest BCUT2D eigenvalue weighted by Gasteiger charge is -2.10. The number of H-pyrrole nitrogens is 1. The number of benzene rings is 2. The summed E-state index contributed by atoms with van der Waals surface area (Å²) in [7, 11) is 3.23. The highest BCUT2D eigenvalue weighted by molar-refractivity contribution is 5.97. The summed E-state index contributed by atoms with van der Waals surface area (Å²) < 4.78 is 10.8. The van der Waals surface area contributed by atoms with Gasteiger partial charge in [0.2, 0.25) is 0 Å². The van der Waals surface area contributed by atoms with Crippen molar-refractivity contribution in [2.24, 2.45) is 0 Å². The van der Waals surface area contributed by atoms with Gasteiger partial charge in [0.15, 0.2) is 0 Å². The third kappa shape index (κ3) is 1.61. The Hall–Kier alpha value is -2.75. The van der Waals surface area contributed by atoms with Gasteiger partial charge in [-0.1, -0.05) is 24.3 Å². The summed E-state index contributed by atoms with van der Waals surface area (Å²) in [5, 5.41) is 1.55. The molecule has 0 fully saturated rings. The van der Waals surface area contributed by atoms with Gasteiger partial charge in [0, 0.05) is 12.0 Å². The molecule has 1 heterocycles. The molecule has 0 atom stereocenters. The fourth-order valence-corrected chi connectivity index (χ4v) is 3.34. The number of hydrogen-bond donors (Lipinski definition) is 1. The topological polar surface area (TPSA) is 51.3 Å². The van der Waals surface area contributed by atoms with E-state index in [1.807, 2.05) is 30.3 Å². The third-order valence-electron chi connectivity index (χ3n) is 4.29. The average molecular weight is 293 g/mol. The molecule has 4 rings (SSSR count). The van der Waals surface area contributed by atoms with Crippen molar-refractivity contribution in [2.75, 3.05) is 14.2 Å². The van der Waals surface area contributed by atoms with Crippen LogP contribution in [-0.2, 0) is 6.42 Å². The molecule has 1 aromatic heterocycles. The molecule has 22 heavy (non-hydrogen) atoms. The van der Waals surface area contributed by atoms with Crippen LogP contribution in [0.2, 0.25) is 0 Å². The zero-order valence-electron chi connectivity index (χ0n) is 12.4. The standard InChI is InChI=1S/C18H15NO3/c1-21-13-7-3-5-10-9-12-11-6-4-8-14(22-2)16(11)18(20)19-17(12)15(10)13/h3-8H,9H2,1-2H3,(H,19,20). The highest BCUT2D eigenvalue weighted by Crippen LogP contribution is 2.43. The molecule has 3 aromatic rings. The van der Waals surface area contributed by atoms with Crippen LogP contribution in [0.25, 0.3) is 22.0 Å². The molecule has 4 heteroatoms. The fourth-order valence-electron chi connectivity index (χ4n) is 3.34. The molecule has 0 saturated carbocycles. The first kappa shape index (κ1) is 13.0. The number of methoxy groups -OCH3 is 2. The maximum atomic E-state index is 12.6. The summed E-state index contributed by atoms with van der Waals surface area (Å²) in [6.45, 7) is 0. The highest BCUT2D eigenvalue weighted by atomic mass is 16.5. The van der Waals surface area contributed by atoms with Crippen molar-refractivity contribution in [3.63, 3.8) is 0 Å². The Morgan fingerprint density at radius 3 is 2.50 bits per heavy atom. The zero-order valence-corrected chi connectivity index (χ0v) is 12.4. The molecule has 110 valence electrons. The van der Waals surface area contributed by atoms with Gasteiger partial charge >= 0.3 is 0 Å². The lowest BCUT2D eigenvalue weighted by molar-refractivity contribution is 0.416. The van der Waals surface area contributed by atoms with Crippen LogP contribution in [0.4, 0.5) is 0 Å². The normalized spacial score (nSPS) is 12.1. The van der Waals surface area contributed by atoms with E-state index in [9.17, 15) is 4.79 Å². The minimum Gasteiger partial charge on any atom is -0.496 e. The zero-order chi connectivity index (χ0) is 15.3. The van der Waals surface area contributed by atoms with Gasteiger partial charge in [-0.25, -0.2) is 0 Å². The molecule has 0 aliphatic heterocycles. The van der Waals surface area contributed by atoms with Gasteiger partial charge in [-0.2, -0.15) is 0 Å². The van der Waals surface area contributed by atoms with Gasteiger partial charge in [0.05, 0.1) is 25.3 Å². The molecular weight excluding hydrogens is 278 g/mol. The summed E-state index contributed by atoms with van der Waals surface area (Å²) in [6.07, 6.45) is 0.780. The van der Waals surface area contributed by atoms with E-state index in [-0.39, 0.29) is 5.56 Å². The number of pyridine rings is 1. The van der Waals surface area contributed by atoms with Crippen LogP contribution in [0.1, 0.15) is 11.1 Å². The number of aromatic amines is 1. The first-order valence-corrected chi connectivity index (χ1v) is 7.12. The first-order chi connectivity index (χ1) is 10.7. The molecule has 0 bridgehead atoms. The Morgan fingerprint density at radius 2 is 1.73 bits per heavy atom. The van der Waals surface area contributed by atoms with Gasteiger partial charge in [0.25, 0.3) is 5.56 Å². The minimum atomic E-state index is -0.134. The summed E-state index contributed by atoms with van der Waals surface area (Å²) in [5.41, 5.74) is 4.00. The molecule has 1 aliphatic carbocycles. The van der Waals surface area contributed by atoms with Crippen LogP contribution in [0.15, 0.2) is 41.2 Å². The highest BCUT2D eigenvalue weighted by Gasteiger charge is 2.26. The van der Waals surface area contributed by atoms with E-state index < -0.39 is 0 Å². The Labute approximate surface area is 127 Å². The van der Waals surface area contributed by atoms with Crippen molar-refractivity contribution >= 4 is 10.8 Å². The average Bonchev–Trinajstić information content (AvgIpc) is 2.93. The fraction of sp³-hybridized carbons (Fsp3) is 0.167. The molecule has 4 nitrogen and oxygen atoms in total. The molecule has 0 spiro atoms. The number of aromatic nitrogens is 1. The Balaban J connectivity index is 2.12. The van der Waals surface area contributed by atoms with E-state index in [0.29, 0.717) is 11.1 Å². The predicted octanol–water partition coefficient (Wildman–Crippen LogP) is 3.12. The van der Waals surface area contributed by atoms with Gasteiger partial charge in [-0.15, -0.1) is 0 Å². The number of rotatable bonds is 2. The van der Waals surface area contributed by atoms with Crippen LogP contribution >= 0.6 is 0 Å². The van der Waals surface area contributed by atoms with Crippen LogP contribution in [-0.4, -0.2) is 19.2 Å². The van der Waals surface area contributed by atoms with Crippen molar-refractivity contribution in [3.05, 3.63) is 57.9 Å². The molecule has 0 amide bonds. The third-order valence-corrected chi connectivity index (χ3v) is 4.29. The second-order valence-electron chi connectivity index (χ2n) is 5.36. The minimum absolute atomic E-state index is 0.134. The quantitative estimate of drug-likeness (QED) is 0.618. The maximum absolute atomic E-state index is 12.6. The second kappa shape index (κ2) is 4.63. The largest absolute Gasteiger partial charge is 0.496 e. The summed E-state index contributed by atoms with van der Waals surface area (Å²) in [6, 6.07) is 11.7. The number of hydrogen-bond acceptors (Lipinski definition) is 3. The summed E-state index contributed by atoms with van der Waals surface area (Å²) in [4.78, 5) is 15.6. The molecule has 0 radical (unpaired) electrons. The number of fused-ring (bicyclic) bond motifs is 5. The Morgan fingerprint density at radius 1 is 1.00 bits per heavy atom. The maximum Gasteiger partial charge on any atom is 0.260 e. The molecule has 1 aliphatic rings. The van der Waals surface area contributed by atoms with Crippen molar-refractivity contribution in [1.82, 2.24) is 4.98 Å². The van der Waals surface area contributed by atoms with Crippen molar-refractivity contribution in [2.45, 2.75) is 6.42 Å². The van der Waals surface area contributed by atoms with E-state index in [2.05, 4.69) is 11.1 Å². The van der Waals surface area contributed by atoms with Crippen molar-refractivity contribution < 1.29 is 9.47 Å². The van der Waals surface area contributed by atoms with Crippen LogP contribution in [0, 0.1) is 0 Å². The smallest absolute Gasteiger partial charge is 0.260 e. The summed E-state index contributed by atoms with van der Waals surface area (Å²) >= 11 is 0. The van der Waals surface area contributed by atoms with E-state index in [1.165, 1.54) is 5.56 Å². The number of nitrogens with one attached hydrogen (secondary N) is 1. The van der Waals surface area contributed by atoms with E-state index >= 15 is 0 Å². The molecule has 1 N–H and O–H groups in total. The van der Waals surface area contributed by atoms with Gasteiger partial charge in [-0.3, -0.25) is 4.79 Å². The molecular formula is C18H15NO3. The first-order valence-electron chi connectivity index (χ1n) is 7.12. The molecule has 0 saturated heterocycles. The van der Waals surface area contributed by atoms with E-state index in [1.54, 1.807) is 14.2 Å². The van der Waals surface area contributed by atoms with Crippen LogP contribution in [0.3, 0.4) is 0 Å². The molecule has 2 aromatic carbocycles. The summed E-state index contributed by atoms with van der Waals surface area (Å²) in [5.74, 6) is 1.39. The van der Waals surface area contributed by atoms with Crippen LogP contribution in [0.5, 0.6) is 11.5 Å². The molecule has 0 unspecified atom stereocenters. The monoisotopic (exact) mass is 293 g/mol. The van der Waals surface area contributed by atoms with Gasteiger partial charge in [-0.05, 0) is 28.6 Å². The lowest BCUT2D eigenvalue weighted by atomic mass is 10.0. The lowest BCUT2D eigenvalue weighted by Crippen LogP contribution is -2.10. The van der Waals surface area contributed by atoms with Crippen molar-refractivity contribution in [3.8, 4) is 22.8 Å². The predicted molar refractivity (Wildman–Crippen MR) is 85.9 cm³/mol. The van der Waals surface area contributed by atoms with Crippen LogP contribution < -0.4 is 15.0 Å². The SMILES string of the molecule is COc1cccc2c1-c1[nH]c(=O)c3c(OC)cccc3c1C2. The van der Waals surface area contributed by atoms with Gasteiger partial charge in [0.1, 0.15) is 11.5 Å². The Kier molecular flexibility index (Phi) is 2.73. The van der Waals surface area contributed by atoms with Gasteiger partial charge < -0.3 is 14.5 Å². The van der Waals surface area contributed by atoms with E-state index in [0.717, 1.165) is 34.4 Å². The Bertz CT molecular complexity index is 956. The van der Waals surface area contributed by atoms with Crippen molar-refractivity contribution in [1.29, 1.82) is 0 Å². The number of ether oxygens (including phenoxy) is 2. The van der Waals surface area contributed by atoms with E-state index in [4.69, 9.17) is 9.47 Å².